The zero-order valence-corrected chi connectivity index (χ0v) is 14.3. The second kappa shape index (κ2) is 8.25. The van der Waals surface area contributed by atoms with Crippen molar-refractivity contribution in [1.82, 2.24) is 14.5 Å². The maximum atomic E-state index is 12.7. The van der Waals surface area contributed by atoms with Crippen LogP contribution in [-0.2, 0) is 11.3 Å². The summed E-state index contributed by atoms with van der Waals surface area (Å²) in [5.41, 5.74) is 4.46. The van der Waals surface area contributed by atoms with E-state index in [2.05, 4.69) is 16.8 Å². The van der Waals surface area contributed by atoms with Crippen LogP contribution in [-0.4, -0.2) is 53.1 Å². The van der Waals surface area contributed by atoms with E-state index in [-0.39, 0.29) is 36.9 Å². The Morgan fingerprint density at radius 2 is 2.12 bits per heavy atom. The van der Waals surface area contributed by atoms with Crippen LogP contribution in [0, 0.1) is 0 Å². The summed E-state index contributed by atoms with van der Waals surface area (Å²) in [6.07, 6.45) is 4.23. The van der Waals surface area contributed by atoms with Crippen molar-refractivity contribution < 1.29 is 9.53 Å². The number of hydrogen-bond acceptors (Lipinski definition) is 6. The van der Waals surface area contributed by atoms with E-state index >= 15 is 0 Å². The largest absolute Gasteiger partial charge is 0.384 e. The molecule has 1 atom stereocenters. The van der Waals surface area contributed by atoms with Crippen molar-refractivity contribution in [1.29, 1.82) is 0 Å². The molecule has 0 aromatic carbocycles. The number of likely N-dealkylation sites (tertiary alicyclic amines) is 1. The van der Waals surface area contributed by atoms with E-state index in [4.69, 9.17) is 10.5 Å². The molecule has 1 aliphatic rings. The molecular formula is C16H26N4O4. The molecule has 1 fully saturated rings. The van der Waals surface area contributed by atoms with Crippen LogP contribution >= 0.6 is 0 Å². The minimum absolute atomic E-state index is 0.0872. The molecule has 1 aliphatic heterocycles. The Hall–Kier alpha value is -1.93. The van der Waals surface area contributed by atoms with Gasteiger partial charge in [-0.3, -0.25) is 24.0 Å². The van der Waals surface area contributed by atoms with Crippen molar-refractivity contribution in [2.75, 3.05) is 32.5 Å². The highest BCUT2D eigenvalue weighted by Crippen LogP contribution is 2.20. The minimum Gasteiger partial charge on any atom is -0.384 e. The zero-order chi connectivity index (χ0) is 17.7. The molecule has 0 spiro atoms. The summed E-state index contributed by atoms with van der Waals surface area (Å²) in [5.74, 6) is -0.434. The predicted octanol–water partition coefficient (Wildman–Crippen LogP) is 0.212. The van der Waals surface area contributed by atoms with Crippen molar-refractivity contribution in [3.63, 3.8) is 0 Å². The topological polar surface area (TPSA) is 110 Å². The van der Waals surface area contributed by atoms with Gasteiger partial charge in [-0.1, -0.05) is 13.3 Å². The normalized spacial score (nSPS) is 18.7. The monoisotopic (exact) mass is 338 g/mol. The number of aromatic amines is 1. The number of Topliss-reactive ketones (excluding diaryl/α,β-unsaturated/α-hetero) is 1. The number of hydrogen-bond donors (Lipinski definition) is 2. The third kappa shape index (κ3) is 3.93. The average Bonchev–Trinajstić information content (AvgIpc) is 2.54. The second-order valence-corrected chi connectivity index (χ2v) is 6.12. The molecule has 8 heteroatoms. The number of carbonyl (C=O) groups is 1. The fourth-order valence-electron chi connectivity index (χ4n) is 3.26. The number of ketones is 1. The van der Waals surface area contributed by atoms with Gasteiger partial charge in [-0.25, -0.2) is 4.79 Å². The number of H-pyrrole nitrogens is 1. The Kier molecular flexibility index (Phi) is 6.33. The molecular weight excluding hydrogens is 312 g/mol. The number of methoxy groups -OCH3 is 1. The quantitative estimate of drug-likeness (QED) is 0.688. The van der Waals surface area contributed by atoms with Crippen LogP contribution in [0.25, 0.3) is 0 Å². The van der Waals surface area contributed by atoms with Gasteiger partial charge in [0.2, 0.25) is 0 Å². The molecule has 134 valence electrons. The van der Waals surface area contributed by atoms with Gasteiger partial charge in [-0.2, -0.15) is 0 Å². The molecule has 3 N–H and O–H groups in total. The van der Waals surface area contributed by atoms with Crippen molar-refractivity contribution in [2.24, 2.45) is 0 Å². The lowest BCUT2D eigenvalue weighted by molar-refractivity contribution is 0.0836. The maximum Gasteiger partial charge on any atom is 0.330 e. The van der Waals surface area contributed by atoms with E-state index < -0.39 is 11.2 Å². The first-order valence-electron chi connectivity index (χ1n) is 8.38. The fourth-order valence-corrected chi connectivity index (χ4v) is 3.26. The Bertz CT molecular complexity index is 694. The summed E-state index contributed by atoms with van der Waals surface area (Å²) >= 11 is 0. The Morgan fingerprint density at radius 1 is 1.38 bits per heavy atom. The first-order chi connectivity index (χ1) is 11.5. The molecule has 8 nitrogen and oxygen atoms in total. The van der Waals surface area contributed by atoms with E-state index in [1.165, 1.54) is 11.7 Å². The van der Waals surface area contributed by atoms with Gasteiger partial charge in [0.1, 0.15) is 11.4 Å². The van der Waals surface area contributed by atoms with E-state index in [0.29, 0.717) is 6.04 Å². The SMILES string of the molecule is CC[C@@H]1CCCCN1CC(=O)c1c(N)n(CCOC)c(=O)[nH]c1=O. The highest BCUT2D eigenvalue weighted by molar-refractivity contribution is 6.01. The van der Waals surface area contributed by atoms with Crippen LogP contribution in [0.5, 0.6) is 0 Å². The molecule has 2 rings (SSSR count). The molecule has 1 aromatic rings. The number of ether oxygens (including phenoxy) is 1. The minimum atomic E-state index is -0.721. The van der Waals surface area contributed by atoms with Crippen LogP contribution in [0.15, 0.2) is 9.59 Å². The predicted molar refractivity (Wildman–Crippen MR) is 91.4 cm³/mol. The summed E-state index contributed by atoms with van der Waals surface area (Å²) in [6, 6.07) is 0.349. The Balaban J connectivity index is 2.28. The highest BCUT2D eigenvalue weighted by Gasteiger charge is 2.26. The van der Waals surface area contributed by atoms with Crippen LogP contribution in [0.1, 0.15) is 43.0 Å². The summed E-state index contributed by atoms with van der Waals surface area (Å²) < 4.78 is 6.11. The van der Waals surface area contributed by atoms with Gasteiger partial charge in [0.25, 0.3) is 5.56 Å². The third-order valence-electron chi connectivity index (χ3n) is 4.60. The number of nitrogens with one attached hydrogen (secondary N) is 1. The van der Waals surface area contributed by atoms with E-state index in [0.717, 1.165) is 32.2 Å². The first-order valence-corrected chi connectivity index (χ1v) is 8.38. The molecule has 0 aliphatic carbocycles. The van der Waals surface area contributed by atoms with Gasteiger partial charge in [0.05, 0.1) is 19.7 Å². The summed E-state index contributed by atoms with van der Waals surface area (Å²) in [4.78, 5) is 40.9. The van der Waals surface area contributed by atoms with Gasteiger partial charge in [-0.15, -0.1) is 0 Å². The second-order valence-electron chi connectivity index (χ2n) is 6.12. The molecule has 0 amide bonds. The molecule has 2 heterocycles. The van der Waals surface area contributed by atoms with Crippen LogP contribution < -0.4 is 17.0 Å². The number of nitrogen functional groups attached to an aromatic ring is 1. The first kappa shape index (κ1) is 18.4. The summed E-state index contributed by atoms with van der Waals surface area (Å²) in [5, 5.41) is 0. The van der Waals surface area contributed by atoms with Crippen molar-refractivity contribution >= 4 is 11.6 Å². The number of aromatic nitrogens is 2. The van der Waals surface area contributed by atoms with Crippen molar-refractivity contribution in [3.8, 4) is 0 Å². The van der Waals surface area contributed by atoms with E-state index in [9.17, 15) is 14.4 Å². The average molecular weight is 338 g/mol. The lowest BCUT2D eigenvalue weighted by atomic mass is 9.99. The molecule has 0 radical (unpaired) electrons. The van der Waals surface area contributed by atoms with E-state index in [1.807, 2.05) is 0 Å². The highest BCUT2D eigenvalue weighted by atomic mass is 16.5. The number of rotatable bonds is 7. The van der Waals surface area contributed by atoms with Crippen molar-refractivity contribution in [3.05, 3.63) is 26.4 Å². The number of nitrogens with two attached hydrogens (primary N) is 1. The molecule has 24 heavy (non-hydrogen) atoms. The van der Waals surface area contributed by atoms with Crippen molar-refractivity contribution in [2.45, 2.75) is 45.2 Å². The number of carbonyl (C=O) groups excluding carboxylic acids is 1. The lowest BCUT2D eigenvalue weighted by Crippen LogP contribution is -2.44. The van der Waals surface area contributed by atoms with Gasteiger partial charge in [0, 0.05) is 13.2 Å². The van der Waals surface area contributed by atoms with Gasteiger partial charge in [0.15, 0.2) is 5.78 Å². The number of anilines is 1. The smallest absolute Gasteiger partial charge is 0.330 e. The van der Waals surface area contributed by atoms with Gasteiger partial charge in [-0.05, 0) is 25.8 Å². The lowest BCUT2D eigenvalue weighted by Gasteiger charge is -2.34. The fraction of sp³-hybridized carbons (Fsp3) is 0.688. The van der Waals surface area contributed by atoms with Crippen LogP contribution in [0.2, 0.25) is 0 Å². The number of nitrogens with zero attached hydrogens (tertiary/aromatic N) is 2. The molecule has 0 unspecified atom stereocenters. The molecule has 1 aromatic heterocycles. The molecule has 0 saturated carbocycles. The summed E-state index contributed by atoms with van der Waals surface area (Å²) in [7, 11) is 1.50. The number of piperidine rings is 1. The maximum absolute atomic E-state index is 12.7. The van der Waals surface area contributed by atoms with Gasteiger partial charge < -0.3 is 10.5 Å². The van der Waals surface area contributed by atoms with Gasteiger partial charge >= 0.3 is 5.69 Å². The third-order valence-corrected chi connectivity index (χ3v) is 4.60. The van der Waals surface area contributed by atoms with Crippen LogP contribution in [0.4, 0.5) is 5.82 Å². The summed E-state index contributed by atoms with van der Waals surface area (Å²) in [6.45, 7) is 3.52. The Labute approximate surface area is 140 Å². The Morgan fingerprint density at radius 3 is 2.79 bits per heavy atom. The standard InChI is InChI=1S/C16H26N4O4/c1-3-11-6-4-5-7-19(11)10-12(21)13-14(17)20(8-9-24-2)16(23)18-15(13)22/h11H,3-10,17H2,1-2H3,(H,18,22,23)/t11-/m1/s1. The molecule has 1 saturated heterocycles. The molecule has 0 bridgehead atoms. The zero-order valence-electron chi connectivity index (χ0n) is 14.3. The van der Waals surface area contributed by atoms with E-state index in [1.54, 1.807) is 0 Å². The van der Waals surface area contributed by atoms with Crippen LogP contribution in [0.3, 0.4) is 0 Å².